The average molecular weight is 253 g/mol. The van der Waals surface area contributed by atoms with Crippen molar-refractivity contribution in [3.05, 3.63) is 35.9 Å². The summed E-state index contributed by atoms with van der Waals surface area (Å²) in [6.07, 6.45) is 4.95. The number of allylic oxidation sites excluding steroid dienone is 2. The van der Waals surface area contributed by atoms with E-state index in [9.17, 15) is 8.42 Å². The number of nitrogens with two attached hydrogens (primary N) is 1. The Balaban J connectivity index is 3.21. The summed E-state index contributed by atoms with van der Waals surface area (Å²) in [4.78, 5) is 0.212. The molecule has 1 aromatic rings. The van der Waals surface area contributed by atoms with Crippen molar-refractivity contribution in [3.8, 4) is 0 Å². The van der Waals surface area contributed by atoms with Crippen LogP contribution in [0.1, 0.15) is 38.7 Å². The van der Waals surface area contributed by atoms with Gasteiger partial charge in [0.15, 0.2) is 0 Å². The predicted octanol–water partition coefficient (Wildman–Crippen LogP) is 2.93. The van der Waals surface area contributed by atoms with Gasteiger partial charge in [-0.3, -0.25) is 0 Å². The lowest BCUT2D eigenvalue weighted by atomic mass is 10.0. The Kier molecular flexibility index (Phi) is 4.90. The summed E-state index contributed by atoms with van der Waals surface area (Å²) in [5, 5.41) is 5.22. The summed E-state index contributed by atoms with van der Waals surface area (Å²) in [6, 6.07) is 6.89. The van der Waals surface area contributed by atoms with Crippen molar-refractivity contribution in [1.29, 1.82) is 0 Å². The number of benzene rings is 1. The zero-order valence-corrected chi connectivity index (χ0v) is 11.1. The van der Waals surface area contributed by atoms with Crippen molar-refractivity contribution in [3.63, 3.8) is 0 Å². The zero-order chi connectivity index (χ0) is 12.9. The van der Waals surface area contributed by atoms with Crippen LogP contribution in [0.15, 0.2) is 35.2 Å². The van der Waals surface area contributed by atoms with Crippen molar-refractivity contribution in [2.75, 3.05) is 0 Å². The van der Waals surface area contributed by atoms with E-state index < -0.39 is 10.0 Å². The molecule has 0 aliphatic rings. The Morgan fingerprint density at radius 1 is 1.35 bits per heavy atom. The Hall–Kier alpha value is -1.13. The molecule has 3 nitrogen and oxygen atoms in total. The number of hydrogen-bond acceptors (Lipinski definition) is 2. The highest BCUT2D eigenvalue weighted by atomic mass is 32.2. The third-order valence-electron chi connectivity index (χ3n) is 2.69. The molecule has 0 radical (unpaired) electrons. The molecule has 0 heterocycles. The van der Waals surface area contributed by atoms with Crippen LogP contribution >= 0.6 is 0 Å². The highest BCUT2D eigenvalue weighted by molar-refractivity contribution is 7.89. The molecule has 0 aliphatic heterocycles. The van der Waals surface area contributed by atoms with Crippen LogP contribution in [0.3, 0.4) is 0 Å². The van der Waals surface area contributed by atoms with Crippen LogP contribution in [-0.2, 0) is 10.0 Å². The fraction of sp³-hybridized carbons (Fsp3) is 0.385. The minimum Gasteiger partial charge on any atom is -0.225 e. The van der Waals surface area contributed by atoms with Crippen LogP contribution in [-0.4, -0.2) is 8.42 Å². The number of unbranched alkanes of at least 4 members (excludes halogenated alkanes) is 1. The number of hydrogen-bond donors (Lipinski definition) is 1. The summed E-state index contributed by atoms with van der Waals surface area (Å²) in [7, 11) is -3.65. The van der Waals surface area contributed by atoms with Crippen LogP contribution in [0.2, 0.25) is 0 Å². The SMILES string of the molecule is C/C=C(/CCCC)c1ccccc1S(N)(=O)=O. The molecule has 0 aromatic heterocycles. The Bertz CT molecular complexity index is 504. The molecule has 0 saturated heterocycles. The van der Waals surface area contributed by atoms with Gasteiger partial charge in [0.1, 0.15) is 0 Å². The second kappa shape index (κ2) is 5.98. The van der Waals surface area contributed by atoms with E-state index in [4.69, 9.17) is 5.14 Å². The maximum atomic E-state index is 11.5. The molecular formula is C13H19NO2S. The topological polar surface area (TPSA) is 60.2 Å². The lowest BCUT2D eigenvalue weighted by Crippen LogP contribution is -2.14. The second-order valence-electron chi connectivity index (χ2n) is 3.96. The predicted molar refractivity (Wildman–Crippen MR) is 71.0 cm³/mol. The zero-order valence-electron chi connectivity index (χ0n) is 10.3. The van der Waals surface area contributed by atoms with Gasteiger partial charge < -0.3 is 0 Å². The molecule has 2 N–H and O–H groups in total. The van der Waals surface area contributed by atoms with Gasteiger partial charge in [-0.2, -0.15) is 0 Å². The Morgan fingerprint density at radius 2 is 2.00 bits per heavy atom. The van der Waals surface area contributed by atoms with Crippen molar-refractivity contribution in [2.45, 2.75) is 38.0 Å². The quantitative estimate of drug-likeness (QED) is 0.877. The van der Waals surface area contributed by atoms with Crippen molar-refractivity contribution >= 4 is 15.6 Å². The number of primary sulfonamides is 1. The molecule has 0 spiro atoms. The molecule has 0 unspecified atom stereocenters. The van der Waals surface area contributed by atoms with Gasteiger partial charge in [0, 0.05) is 0 Å². The summed E-state index contributed by atoms with van der Waals surface area (Å²) in [6.45, 7) is 4.03. The first kappa shape index (κ1) is 13.9. The number of sulfonamides is 1. The second-order valence-corrected chi connectivity index (χ2v) is 5.49. The van der Waals surface area contributed by atoms with E-state index in [0.717, 1.165) is 30.4 Å². The molecule has 0 aliphatic carbocycles. The summed E-state index contributed by atoms with van der Waals surface area (Å²) in [5.74, 6) is 0. The lowest BCUT2D eigenvalue weighted by molar-refractivity contribution is 0.597. The van der Waals surface area contributed by atoms with Crippen molar-refractivity contribution < 1.29 is 8.42 Å². The van der Waals surface area contributed by atoms with Crippen molar-refractivity contribution in [2.24, 2.45) is 5.14 Å². The fourth-order valence-corrected chi connectivity index (χ4v) is 2.56. The van der Waals surface area contributed by atoms with E-state index in [1.807, 2.05) is 25.1 Å². The van der Waals surface area contributed by atoms with E-state index in [-0.39, 0.29) is 4.90 Å². The normalized spacial score (nSPS) is 12.8. The molecule has 0 saturated carbocycles. The monoisotopic (exact) mass is 253 g/mol. The average Bonchev–Trinajstić information content (AvgIpc) is 2.29. The molecule has 4 heteroatoms. The molecular weight excluding hydrogens is 234 g/mol. The van der Waals surface area contributed by atoms with Gasteiger partial charge in [-0.1, -0.05) is 37.6 Å². The Labute approximate surface area is 103 Å². The molecule has 0 fully saturated rings. The number of rotatable bonds is 5. The molecule has 17 heavy (non-hydrogen) atoms. The summed E-state index contributed by atoms with van der Waals surface area (Å²) in [5.41, 5.74) is 1.77. The van der Waals surface area contributed by atoms with Crippen LogP contribution in [0.4, 0.5) is 0 Å². The largest absolute Gasteiger partial charge is 0.238 e. The first-order valence-corrected chi connectivity index (χ1v) is 7.32. The van der Waals surface area contributed by atoms with Gasteiger partial charge in [0.05, 0.1) is 4.90 Å². The highest BCUT2D eigenvalue weighted by Crippen LogP contribution is 2.26. The standard InChI is InChI=1S/C13H19NO2S/c1-3-5-8-11(4-2)12-9-6-7-10-13(12)17(14,15)16/h4,6-7,9-10H,3,5,8H2,1-2H3,(H2,14,15,16)/b11-4-. The van der Waals surface area contributed by atoms with Crippen LogP contribution in [0, 0.1) is 0 Å². The van der Waals surface area contributed by atoms with Crippen LogP contribution in [0.5, 0.6) is 0 Å². The molecule has 0 amide bonds. The van der Waals surface area contributed by atoms with Gasteiger partial charge in [-0.25, -0.2) is 13.6 Å². The van der Waals surface area contributed by atoms with E-state index in [1.165, 1.54) is 0 Å². The van der Waals surface area contributed by atoms with Gasteiger partial charge in [0.2, 0.25) is 10.0 Å². The molecule has 1 aromatic carbocycles. The minimum absolute atomic E-state index is 0.212. The molecule has 0 atom stereocenters. The highest BCUT2D eigenvalue weighted by Gasteiger charge is 2.15. The van der Waals surface area contributed by atoms with E-state index in [0.29, 0.717) is 0 Å². The minimum atomic E-state index is -3.65. The van der Waals surface area contributed by atoms with Gasteiger partial charge >= 0.3 is 0 Å². The summed E-state index contributed by atoms with van der Waals surface area (Å²) >= 11 is 0. The van der Waals surface area contributed by atoms with Crippen LogP contribution < -0.4 is 5.14 Å². The smallest absolute Gasteiger partial charge is 0.225 e. The van der Waals surface area contributed by atoms with Gasteiger partial charge in [-0.15, -0.1) is 0 Å². The van der Waals surface area contributed by atoms with Crippen molar-refractivity contribution in [1.82, 2.24) is 0 Å². The maximum Gasteiger partial charge on any atom is 0.238 e. The Morgan fingerprint density at radius 3 is 2.53 bits per heavy atom. The molecule has 0 bridgehead atoms. The molecule has 1 rings (SSSR count). The van der Waals surface area contributed by atoms with Crippen LogP contribution in [0.25, 0.3) is 5.57 Å². The third kappa shape index (κ3) is 3.68. The summed E-state index contributed by atoms with van der Waals surface area (Å²) < 4.78 is 23.0. The van der Waals surface area contributed by atoms with Gasteiger partial charge in [0.25, 0.3) is 0 Å². The van der Waals surface area contributed by atoms with Gasteiger partial charge in [-0.05, 0) is 37.0 Å². The first-order valence-electron chi connectivity index (χ1n) is 5.78. The maximum absolute atomic E-state index is 11.5. The lowest BCUT2D eigenvalue weighted by Gasteiger charge is -2.11. The van der Waals surface area contributed by atoms with E-state index >= 15 is 0 Å². The third-order valence-corrected chi connectivity index (χ3v) is 3.66. The van der Waals surface area contributed by atoms with E-state index in [1.54, 1.807) is 12.1 Å². The molecule has 94 valence electrons. The fourth-order valence-electron chi connectivity index (χ4n) is 1.78. The van der Waals surface area contributed by atoms with E-state index in [2.05, 4.69) is 6.92 Å². The first-order chi connectivity index (χ1) is 8.00.